The molecule has 3 aromatic rings. The summed E-state index contributed by atoms with van der Waals surface area (Å²) < 4.78 is 3.71. The first-order chi connectivity index (χ1) is 15.7. The Morgan fingerprint density at radius 3 is 2.42 bits per heavy atom. The van der Waals surface area contributed by atoms with Gasteiger partial charge in [0.2, 0.25) is 10.5 Å². The number of benzene rings is 2. The highest BCUT2D eigenvalue weighted by Gasteiger charge is 2.33. The number of fused-ring (bicyclic) bond motifs is 2. The molecular formula is C28H30IN3S. The number of thiazole rings is 1. The van der Waals surface area contributed by atoms with Crippen molar-refractivity contribution < 1.29 is 28.5 Å². The van der Waals surface area contributed by atoms with Crippen LogP contribution in [0.4, 0.5) is 5.69 Å². The summed E-state index contributed by atoms with van der Waals surface area (Å²) in [5.74, 6) is 1.29. The Bertz CT molecular complexity index is 1250. The molecule has 1 aliphatic carbocycles. The second kappa shape index (κ2) is 10.3. The molecule has 1 aromatic heterocycles. The number of rotatable bonds is 6. The normalized spacial score (nSPS) is 17.1. The second-order valence-electron chi connectivity index (χ2n) is 8.25. The Kier molecular flexibility index (Phi) is 7.39. The molecule has 0 saturated heterocycles. The standard InChI is InChI=1S/C28H30N3S.HI/c1-4-30(5-2)27-19-21(20-28-29(3)25-17-11-12-18-26(25)32-28)23-15-9-10-16-24(23)31(27)22-13-7-6-8-14-22;/h6-19,24H,4-5,20H2,1-3H3;1H/q+1;/p-1. The van der Waals surface area contributed by atoms with Crippen molar-refractivity contribution in [3.63, 3.8) is 0 Å². The number of halogens is 1. The predicted molar refractivity (Wildman–Crippen MR) is 136 cm³/mol. The fourth-order valence-corrected chi connectivity index (χ4v) is 5.97. The Labute approximate surface area is 218 Å². The van der Waals surface area contributed by atoms with Gasteiger partial charge >= 0.3 is 0 Å². The lowest BCUT2D eigenvalue weighted by atomic mass is 9.89. The lowest BCUT2D eigenvalue weighted by molar-refractivity contribution is -0.647. The third-order valence-corrected chi connectivity index (χ3v) is 7.71. The van der Waals surface area contributed by atoms with Crippen LogP contribution in [-0.4, -0.2) is 24.0 Å². The topological polar surface area (TPSA) is 10.4 Å². The molecule has 3 nitrogen and oxygen atoms in total. The minimum Gasteiger partial charge on any atom is -1.00 e. The van der Waals surface area contributed by atoms with Crippen molar-refractivity contribution in [2.24, 2.45) is 7.05 Å². The van der Waals surface area contributed by atoms with Crippen LogP contribution < -0.4 is 33.4 Å². The predicted octanol–water partition coefficient (Wildman–Crippen LogP) is 2.77. The average molecular weight is 568 g/mol. The first-order valence-corrected chi connectivity index (χ1v) is 12.3. The van der Waals surface area contributed by atoms with Crippen molar-refractivity contribution in [3.05, 3.63) is 107 Å². The van der Waals surface area contributed by atoms with Crippen LogP contribution in [0.15, 0.2) is 102 Å². The fourth-order valence-electron chi connectivity index (χ4n) is 4.80. The third kappa shape index (κ3) is 4.41. The van der Waals surface area contributed by atoms with Crippen LogP contribution in [0, 0.1) is 0 Å². The van der Waals surface area contributed by atoms with E-state index in [0.29, 0.717) is 0 Å². The van der Waals surface area contributed by atoms with Gasteiger partial charge in [0.15, 0.2) is 0 Å². The second-order valence-corrected chi connectivity index (χ2v) is 9.36. The molecule has 5 heteroatoms. The molecule has 1 atom stereocenters. The molecule has 0 bridgehead atoms. The summed E-state index contributed by atoms with van der Waals surface area (Å²) in [6, 6.07) is 19.7. The van der Waals surface area contributed by atoms with Gasteiger partial charge in [-0.2, -0.15) is 4.57 Å². The van der Waals surface area contributed by atoms with Crippen LogP contribution >= 0.6 is 11.3 Å². The van der Waals surface area contributed by atoms with E-state index >= 15 is 0 Å². The number of hydrogen-bond donors (Lipinski definition) is 0. The van der Waals surface area contributed by atoms with Gasteiger partial charge in [0.25, 0.3) is 0 Å². The minimum atomic E-state index is 0. The number of allylic oxidation sites excluding steroid dienone is 4. The molecule has 5 rings (SSSR count). The molecule has 2 heterocycles. The van der Waals surface area contributed by atoms with Crippen LogP contribution in [0.5, 0.6) is 0 Å². The van der Waals surface area contributed by atoms with Gasteiger partial charge in [-0.3, -0.25) is 0 Å². The summed E-state index contributed by atoms with van der Waals surface area (Å²) in [4.78, 5) is 4.97. The van der Waals surface area contributed by atoms with Crippen LogP contribution in [0.25, 0.3) is 10.2 Å². The Morgan fingerprint density at radius 2 is 1.70 bits per heavy atom. The zero-order chi connectivity index (χ0) is 22.1. The molecule has 2 aliphatic rings. The van der Waals surface area contributed by atoms with Gasteiger partial charge in [-0.1, -0.05) is 66.0 Å². The van der Waals surface area contributed by atoms with E-state index in [0.717, 1.165) is 19.5 Å². The molecular weight excluding hydrogens is 537 g/mol. The molecule has 0 N–H and O–H groups in total. The highest BCUT2D eigenvalue weighted by atomic mass is 127. The number of nitrogens with zero attached hydrogens (tertiary/aromatic N) is 3. The number of aromatic nitrogens is 1. The van der Waals surface area contributed by atoms with Crippen LogP contribution in [0.2, 0.25) is 0 Å². The van der Waals surface area contributed by atoms with E-state index in [2.05, 4.69) is 120 Å². The molecule has 2 aromatic carbocycles. The van der Waals surface area contributed by atoms with E-state index in [4.69, 9.17) is 0 Å². The molecule has 0 saturated carbocycles. The summed E-state index contributed by atoms with van der Waals surface area (Å²) >= 11 is 1.91. The Hall–Kier alpha value is -2.38. The van der Waals surface area contributed by atoms with E-state index in [1.165, 1.54) is 37.9 Å². The third-order valence-electron chi connectivity index (χ3n) is 6.49. The number of hydrogen-bond acceptors (Lipinski definition) is 3. The zero-order valence-electron chi connectivity index (χ0n) is 19.4. The first kappa shape index (κ1) is 23.8. The maximum absolute atomic E-state index is 2.50. The van der Waals surface area contributed by atoms with E-state index in [9.17, 15) is 0 Å². The van der Waals surface area contributed by atoms with Crippen molar-refractivity contribution in [1.29, 1.82) is 0 Å². The quantitative estimate of drug-likeness (QED) is 0.335. The van der Waals surface area contributed by atoms with Gasteiger partial charge in [-0.15, -0.1) is 0 Å². The molecule has 0 fully saturated rings. The molecule has 33 heavy (non-hydrogen) atoms. The Balaban J connectivity index is 0.00000259. The Morgan fingerprint density at radius 1 is 0.970 bits per heavy atom. The molecule has 1 aliphatic heterocycles. The molecule has 0 amide bonds. The zero-order valence-corrected chi connectivity index (χ0v) is 22.4. The van der Waals surface area contributed by atoms with Crippen molar-refractivity contribution >= 4 is 27.2 Å². The minimum absolute atomic E-state index is 0. The van der Waals surface area contributed by atoms with Gasteiger partial charge in [0, 0.05) is 24.8 Å². The number of aryl methyl sites for hydroxylation is 1. The summed E-state index contributed by atoms with van der Waals surface area (Å²) in [7, 11) is 2.20. The van der Waals surface area contributed by atoms with E-state index < -0.39 is 0 Å². The average Bonchev–Trinajstić information content (AvgIpc) is 3.16. The number of para-hydroxylation sites is 2. The fraction of sp³-hybridized carbons (Fsp3) is 0.250. The van der Waals surface area contributed by atoms with E-state index in [-0.39, 0.29) is 30.0 Å². The van der Waals surface area contributed by atoms with Crippen LogP contribution in [0.1, 0.15) is 18.9 Å². The summed E-state index contributed by atoms with van der Waals surface area (Å²) in [6.45, 7) is 6.46. The van der Waals surface area contributed by atoms with Crippen molar-refractivity contribution in [2.45, 2.75) is 26.3 Å². The highest BCUT2D eigenvalue weighted by molar-refractivity contribution is 7.18. The van der Waals surface area contributed by atoms with Crippen molar-refractivity contribution in [2.75, 3.05) is 18.0 Å². The number of anilines is 1. The lowest BCUT2D eigenvalue weighted by Crippen LogP contribution is -3.00. The van der Waals surface area contributed by atoms with Gasteiger partial charge in [-0.25, -0.2) is 0 Å². The molecule has 0 radical (unpaired) electrons. The van der Waals surface area contributed by atoms with Gasteiger partial charge in [0.05, 0.1) is 12.5 Å². The monoisotopic (exact) mass is 567 g/mol. The van der Waals surface area contributed by atoms with E-state index in [1.807, 2.05) is 11.3 Å². The molecule has 0 spiro atoms. The smallest absolute Gasteiger partial charge is 0.242 e. The maximum atomic E-state index is 2.50. The van der Waals surface area contributed by atoms with Crippen molar-refractivity contribution in [3.8, 4) is 0 Å². The lowest BCUT2D eigenvalue weighted by Gasteiger charge is -2.43. The van der Waals surface area contributed by atoms with Gasteiger partial charge < -0.3 is 33.8 Å². The van der Waals surface area contributed by atoms with Crippen molar-refractivity contribution in [1.82, 2.24) is 4.90 Å². The SMILES string of the molecule is CCN(CC)C1=CC(Cc2sc3ccccc3[n+]2C)=C2C=CC=CC2N1c1ccccc1.[I-]. The van der Waals surface area contributed by atoms with Gasteiger partial charge in [0.1, 0.15) is 17.6 Å². The summed E-state index contributed by atoms with van der Waals surface area (Å²) in [6.07, 6.45) is 12.4. The van der Waals surface area contributed by atoms with E-state index in [1.54, 1.807) is 0 Å². The summed E-state index contributed by atoms with van der Waals surface area (Å²) in [5.41, 5.74) is 5.35. The highest BCUT2D eigenvalue weighted by Crippen LogP contribution is 2.37. The first-order valence-electron chi connectivity index (χ1n) is 11.5. The van der Waals surface area contributed by atoms with Crippen LogP contribution in [0.3, 0.4) is 0 Å². The summed E-state index contributed by atoms with van der Waals surface area (Å²) in [5, 5.41) is 1.39. The van der Waals surface area contributed by atoms with Gasteiger partial charge in [-0.05, 0) is 49.3 Å². The molecule has 1 unspecified atom stereocenters. The largest absolute Gasteiger partial charge is 1.00 e. The molecule has 170 valence electrons. The maximum Gasteiger partial charge on any atom is 0.242 e. The van der Waals surface area contributed by atoms with Crippen LogP contribution in [-0.2, 0) is 13.5 Å².